The molecule has 2 heterocycles. The number of carbonyl (C=O) groups is 1. The van der Waals surface area contributed by atoms with Gasteiger partial charge in [-0.05, 0) is 33.8 Å². The molecule has 0 saturated carbocycles. The zero-order valence-corrected chi connectivity index (χ0v) is 12.7. The molecule has 5 heteroatoms. The van der Waals surface area contributed by atoms with Gasteiger partial charge in [0.25, 0.3) is 5.91 Å². The van der Waals surface area contributed by atoms with E-state index in [1.54, 1.807) is 10.9 Å². The zero-order chi connectivity index (χ0) is 14.9. The van der Waals surface area contributed by atoms with Gasteiger partial charge in [0.1, 0.15) is 0 Å². The number of nitrogens with one attached hydrogen (secondary N) is 1. The Balaban J connectivity index is 2.07. The summed E-state index contributed by atoms with van der Waals surface area (Å²) in [5, 5.41) is 7.10. The van der Waals surface area contributed by atoms with Gasteiger partial charge in [-0.25, -0.2) is 0 Å². The van der Waals surface area contributed by atoms with Gasteiger partial charge in [0.05, 0.1) is 17.8 Å². The molecule has 0 bridgehead atoms. The SMILES string of the molecule is C[C@@H](NC(=O)c1ccn(C(C)(C)C)c1)c1cnn(C)c1. The molecule has 5 nitrogen and oxygen atoms in total. The highest BCUT2D eigenvalue weighted by Crippen LogP contribution is 2.17. The molecule has 1 atom stereocenters. The van der Waals surface area contributed by atoms with E-state index in [1.807, 2.05) is 43.2 Å². The van der Waals surface area contributed by atoms with Gasteiger partial charge in [0.2, 0.25) is 0 Å². The van der Waals surface area contributed by atoms with E-state index in [0.717, 1.165) is 5.56 Å². The van der Waals surface area contributed by atoms with Crippen molar-refractivity contribution in [3.63, 3.8) is 0 Å². The summed E-state index contributed by atoms with van der Waals surface area (Å²) in [4.78, 5) is 12.2. The van der Waals surface area contributed by atoms with Crippen LogP contribution >= 0.6 is 0 Å². The lowest BCUT2D eigenvalue weighted by atomic mass is 10.1. The number of aryl methyl sites for hydroxylation is 1. The van der Waals surface area contributed by atoms with Crippen LogP contribution in [0.1, 0.15) is 49.7 Å². The standard InChI is InChI=1S/C15H22N4O/c1-11(13-8-16-18(5)9-13)17-14(20)12-6-7-19(10-12)15(2,3)4/h6-11H,1-5H3,(H,17,20)/t11-/m1/s1. The lowest BCUT2D eigenvalue weighted by molar-refractivity contribution is 0.0939. The van der Waals surface area contributed by atoms with Crippen molar-refractivity contribution in [2.75, 3.05) is 0 Å². The molecule has 0 aromatic carbocycles. The molecule has 0 aliphatic carbocycles. The second-order valence-corrected chi connectivity index (χ2v) is 6.12. The van der Waals surface area contributed by atoms with Gasteiger partial charge in [-0.15, -0.1) is 0 Å². The fraction of sp³-hybridized carbons (Fsp3) is 0.467. The second-order valence-electron chi connectivity index (χ2n) is 6.12. The van der Waals surface area contributed by atoms with Gasteiger partial charge >= 0.3 is 0 Å². The highest BCUT2D eigenvalue weighted by molar-refractivity contribution is 5.94. The Labute approximate surface area is 119 Å². The molecule has 1 amide bonds. The number of hydrogen-bond donors (Lipinski definition) is 1. The van der Waals surface area contributed by atoms with Crippen LogP contribution in [0.15, 0.2) is 30.9 Å². The molecule has 1 N–H and O–H groups in total. The summed E-state index contributed by atoms with van der Waals surface area (Å²) in [6.07, 6.45) is 7.49. The van der Waals surface area contributed by atoms with Crippen LogP contribution in [0.3, 0.4) is 0 Å². The number of hydrogen-bond acceptors (Lipinski definition) is 2. The minimum absolute atomic E-state index is 0.0203. The fourth-order valence-electron chi connectivity index (χ4n) is 1.98. The van der Waals surface area contributed by atoms with E-state index in [2.05, 4.69) is 31.2 Å². The lowest BCUT2D eigenvalue weighted by Crippen LogP contribution is -2.26. The predicted molar refractivity (Wildman–Crippen MR) is 78.5 cm³/mol. The Hall–Kier alpha value is -2.04. The van der Waals surface area contributed by atoms with Gasteiger partial charge in [0, 0.05) is 36.7 Å². The van der Waals surface area contributed by atoms with Crippen molar-refractivity contribution in [3.05, 3.63) is 42.0 Å². The lowest BCUT2D eigenvalue weighted by Gasteiger charge is -2.20. The molecule has 0 saturated heterocycles. The van der Waals surface area contributed by atoms with E-state index in [9.17, 15) is 4.79 Å². The maximum absolute atomic E-state index is 12.2. The van der Waals surface area contributed by atoms with Crippen LogP contribution in [0.2, 0.25) is 0 Å². The van der Waals surface area contributed by atoms with Gasteiger partial charge in [-0.3, -0.25) is 9.48 Å². The summed E-state index contributed by atoms with van der Waals surface area (Å²) in [5.41, 5.74) is 1.65. The fourth-order valence-corrected chi connectivity index (χ4v) is 1.98. The summed E-state index contributed by atoms with van der Waals surface area (Å²) in [5.74, 6) is -0.0654. The minimum atomic E-state index is -0.0654. The Morgan fingerprint density at radius 3 is 2.55 bits per heavy atom. The Kier molecular flexibility index (Phi) is 3.70. The largest absolute Gasteiger partial charge is 0.348 e. The van der Waals surface area contributed by atoms with Crippen LogP contribution in [0, 0.1) is 0 Å². The third-order valence-corrected chi connectivity index (χ3v) is 3.30. The molecule has 0 aliphatic rings. The van der Waals surface area contributed by atoms with Gasteiger partial charge in [0.15, 0.2) is 0 Å². The summed E-state index contributed by atoms with van der Waals surface area (Å²) in [6, 6.07) is 1.78. The van der Waals surface area contributed by atoms with E-state index in [1.165, 1.54) is 0 Å². The predicted octanol–water partition coefficient (Wildman–Crippen LogP) is 2.47. The van der Waals surface area contributed by atoms with Crippen molar-refractivity contribution >= 4 is 5.91 Å². The van der Waals surface area contributed by atoms with E-state index in [0.29, 0.717) is 5.56 Å². The normalized spacial score (nSPS) is 13.2. The van der Waals surface area contributed by atoms with Gasteiger partial charge in [-0.1, -0.05) is 0 Å². The van der Waals surface area contributed by atoms with E-state index in [-0.39, 0.29) is 17.5 Å². The summed E-state index contributed by atoms with van der Waals surface area (Å²) < 4.78 is 3.77. The Morgan fingerprint density at radius 1 is 1.35 bits per heavy atom. The Bertz CT molecular complexity index is 603. The summed E-state index contributed by atoms with van der Waals surface area (Å²) in [6.45, 7) is 8.27. The second kappa shape index (κ2) is 5.15. The number of nitrogens with zero attached hydrogens (tertiary/aromatic N) is 3. The molecule has 0 radical (unpaired) electrons. The molecule has 2 aromatic heterocycles. The maximum atomic E-state index is 12.2. The third-order valence-electron chi connectivity index (χ3n) is 3.30. The van der Waals surface area contributed by atoms with Gasteiger partial charge in [-0.2, -0.15) is 5.10 Å². The third kappa shape index (κ3) is 3.10. The van der Waals surface area contributed by atoms with Crippen molar-refractivity contribution in [2.45, 2.75) is 39.3 Å². The quantitative estimate of drug-likeness (QED) is 0.934. The molecular weight excluding hydrogens is 252 g/mol. The van der Waals surface area contributed by atoms with Crippen LogP contribution < -0.4 is 5.32 Å². The first kappa shape index (κ1) is 14.4. The number of aromatic nitrogens is 3. The highest BCUT2D eigenvalue weighted by Gasteiger charge is 2.17. The van der Waals surface area contributed by atoms with E-state index < -0.39 is 0 Å². The number of carbonyl (C=O) groups excluding carboxylic acids is 1. The molecule has 0 spiro atoms. The molecule has 108 valence electrons. The minimum Gasteiger partial charge on any atom is -0.348 e. The summed E-state index contributed by atoms with van der Waals surface area (Å²) in [7, 11) is 1.86. The first-order valence-corrected chi connectivity index (χ1v) is 6.75. The smallest absolute Gasteiger partial charge is 0.253 e. The first-order valence-electron chi connectivity index (χ1n) is 6.75. The van der Waals surface area contributed by atoms with Crippen LogP contribution in [0.25, 0.3) is 0 Å². The molecule has 0 fully saturated rings. The van der Waals surface area contributed by atoms with E-state index in [4.69, 9.17) is 0 Å². The molecule has 2 rings (SSSR count). The number of amides is 1. The topological polar surface area (TPSA) is 51.9 Å². The molecule has 20 heavy (non-hydrogen) atoms. The molecular formula is C15H22N4O. The van der Waals surface area contributed by atoms with Gasteiger partial charge < -0.3 is 9.88 Å². The number of rotatable bonds is 3. The monoisotopic (exact) mass is 274 g/mol. The first-order chi connectivity index (χ1) is 9.27. The average molecular weight is 274 g/mol. The zero-order valence-electron chi connectivity index (χ0n) is 12.7. The molecule has 0 unspecified atom stereocenters. The van der Waals surface area contributed by atoms with Crippen LogP contribution in [-0.4, -0.2) is 20.3 Å². The van der Waals surface area contributed by atoms with Crippen LogP contribution in [0.5, 0.6) is 0 Å². The van der Waals surface area contributed by atoms with Crippen molar-refractivity contribution < 1.29 is 4.79 Å². The van der Waals surface area contributed by atoms with Crippen LogP contribution in [0.4, 0.5) is 0 Å². The highest BCUT2D eigenvalue weighted by atomic mass is 16.1. The molecule has 2 aromatic rings. The van der Waals surface area contributed by atoms with Crippen molar-refractivity contribution in [1.29, 1.82) is 0 Å². The molecule has 0 aliphatic heterocycles. The Morgan fingerprint density at radius 2 is 2.05 bits per heavy atom. The van der Waals surface area contributed by atoms with Crippen molar-refractivity contribution in [1.82, 2.24) is 19.7 Å². The maximum Gasteiger partial charge on any atom is 0.253 e. The van der Waals surface area contributed by atoms with E-state index >= 15 is 0 Å². The van der Waals surface area contributed by atoms with Crippen molar-refractivity contribution in [2.24, 2.45) is 7.05 Å². The van der Waals surface area contributed by atoms with Crippen molar-refractivity contribution in [3.8, 4) is 0 Å². The van der Waals surface area contributed by atoms with Crippen LogP contribution in [-0.2, 0) is 12.6 Å². The average Bonchev–Trinajstić information content (AvgIpc) is 2.95. The summed E-state index contributed by atoms with van der Waals surface area (Å²) >= 11 is 0.